The van der Waals surface area contributed by atoms with Crippen molar-refractivity contribution in [1.29, 1.82) is 0 Å². The van der Waals surface area contributed by atoms with Crippen molar-refractivity contribution in [2.24, 2.45) is 0 Å². The van der Waals surface area contributed by atoms with Crippen LogP contribution in [0.25, 0.3) is 0 Å². The van der Waals surface area contributed by atoms with Gasteiger partial charge in [0.1, 0.15) is 17.7 Å². The van der Waals surface area contributed by atoms with Gasteiger partial charge in [-0.05, 0) is 29.8 Å². The molecule has 0 saturated carbocycles. The van der Waals surface area contributed by atoms with Crippen LogP contribution in [0.2, 0.25) is 5.02 Å². The van der Waals surface area contributed by atoms with E-state index in [-0.39, 0.29) is 17.7 Å². The van der Waals surface area contributed by atoms with Crippen molar-refractivity contribution in [3.05, 3.63) is 59.1 Å². The molecule has 0 aliphatic heterocycles. The van der Waals surface area contributed by atoms with Crippen LogP contribution in [0.15, 0.2) is 48.5 Å². The predicted molar refractivity (Wildman–Crippen MR) is 73.9 cm³/mol. The zero-order valence-electron chi connectivity index (χ0n) is 9.86. The summed E-state index contributed by atoms with van der Waals surface area (Å²) < 4.78 is 16.8. The highest BCUT2D eigenvalue weighted by Gasteiger charge is 2.21. The van der Waals surface area contributed by atoms with Gasteiger partial charge in [-0.15, -0.1) is 0 Å². The molecule has 0 amide bonds. The van der Waals surface area contributed by atoms with E-state index in [0.717, 1.165) is 5.56 Å². The van der Waals surface area contributed by atoms with Gasteiger partial charge in [0, 0.05) is 5.02 Å². The van der Waals surface area contributed by atoms with Crippen LogP contribution < -0.4 is 10.0 Å². The number of halogens is 1. The van der Waals surface area contributed by atoms with Crippen molar-refractivity contribution in [3.63, 3.8) is 0 Å². The topological polar surface area (TPSA) is 66.8 Å². The maximum Gasteiger partial charge on any atom is 0.359 e. The lowest BCUT2D eigenvalue weighted by Crippen LogP contribution is -2.09. The Hall–Kier alpha value is -1.32. The first-order valence-electron chi connectivity index (χ1n) is 5.49. The maximum absolute atomic E-state index is 11.3. The molecule has 4 nitrogen and oxygen atoms in total. The molecule has 19 heavy (non-hydrogen) atoms. The normalized spacial score (nSPS) is 11.3. The van der Waals surface area contributed by atoms with Gasteiger partial charge >= 0.3 is 7.60 Å². The monoisotopic (exact) mass is 298 g/mol. The van der Waals surface area contributed by atoms with Gasteiger partial charge in [-0.3, -0.25) is 4.57 Å². The summed E-state index contributed by atoms with van der Waals surface area (Å²) in [6.45, 7) is 0.192. The molecule has 0 fully saturated rings. The van der Waals surface area contributed by atoms with Crippen LogP contribution >= 0.6 is 19.2 Å². The van der Waals surface area contributed by atoms with Crippen LogP contribution in [0.3, 0.4) is 0 Å². The van der Waals surface area contributed by atoms with Crippen molar-refractivity contribution < 1.29 is 19.1 Å². The van der Waals surface area contributed by atoms with E-state index in [1.54, 1.807) is 30.3 Å². The van der Waals surface area contributed by atoms with E-state index in [0.29, 0.717) is 5.02 Å². The van der Waals surface area contributed by atoms with Gasteiger partial charge in [0.05, 0.1) is 0 Å². The Balaban J connectivity index is 2.19. The minimum Gasteiger partial charge on any atom is -0.488 e. The lowest BCUT2D eigenvalue weighted by atomic mass is 10.2. The van der Waals surface area contributed by atoms with Crippen molar-refractivity contribution in [1.82, 2.24) is 0 Å². The van der Waals surface area contributed by atoms with E-state index in [2.05, 4.69) is 0 Å². The van der Waals surface area contributed by atoms with E-state index in [1.807, 2.05) is 6.07 Å². The molecule has 2 aromatic carbocycles. The fraction of sp³-hybridized carbons (Fsp3) is 0.0769. The van der Waals surface area contributed by atoms with Gasteiger partial charge in [-0.1, -0.05) is 35.9 Å². The molecule has 0 spiro atoms. The van der Waals surface area contributed by atoms with Crippen LogP contribution in [0.1, 0.15) is 5.56 Å². The van der Waals surface area contributed by atoms with E-state index >= 15 is 0 Å². The quantitative estimate of drug-likeness (QED) is 0.852. The Bertz CT molecular complexity index is 624. The number of hydrogen-bond donors (Lipinski definition) is 2. The number of rotatable bonds is 4. The Labute approximate surface area is 115 Å². The molecule has 0 aliphatic carbocycles. The van der Waals surface area contributed by atoms with Gasteiger partial charge in [-0.2, -0.15) is 0 Å². The molecule has 100 valence electrons. The Morgan fingerprint density at radius 1 is 1.11 bits per heavy atom. The van der Waals surface area contributed by atoms with E-state index in [1.165, 1.54) is 12.1 Å². The molecule has 0 heterocycles. The third-order valence-electron chi connectivity index (χ3n) is 2.46. The minimum absolute atomic E-state index is 0.114. The standard InChI is InChI=1S/C13H12ClO4P/c14-11-5-3-4-10(8-11)9-18-12-6-1-2-7-13(12)19(15,16)17/h1-8H,9H2,(H2,15,16,17). The minimum atomic E-state index is -4.34. The number of hydrogen-bond acceptors (Lipinski definition) is 2. The second kappa shape index (κ2) is 5.76. The van der Waals surface area contributed by atoms with Crippen molar-refractivity contribution in [2.45, 2.75) is 6.61 Å². The highest BCUT2D eigenvalue weighted by Crippen LogP contribution is 2.37. The summed E-state index contributed by atoms with van der Waals surface area (Å²) in [4.78, 5) is 18.4. The average molecular weight is 299 g/mol. The Morgan fingerprint density at radius 2 is 1.84 bits per heavy atom. The largest absolute Gasteiger partial charge is 0.488 e. The molecule has 0 aromatic heterocycles. The van der Waals surface area contributed by atoms with Gasteiger partial charge in [0.25, 0.3) is 0 Å². The third kappa shape index (κ3) is 3.82. The van der Waals surface area contributed by atoms with Crippen molar-refractivity contribution in [3.8, 4) is 5.75 Å². The first kappa shape index (κ1) is 14.1. The van der Waals surface area contributed by atoms with E-state index < -0.39 is 7.60 Å². The molecule has 2 rings (SSSR count). The lowest BCUT2D eigenvalue weighted by Gasteiger charge is -2.12. The molecule has 0 radical (unpaired) electrons. The summed E-state index contributed by atoms with van der Waals surface area (Å²) in [5, 5.41) is 0.474. The summed E-state index contributed by atoms with van der Waals surface area (Å²) >= 11 is 5.85. The van der Waals surface area contributed by atoms with Crippen molar-refractivity contribution in [2.75, 3.05) is 0 Å². The zero-order chi connectivity index (χ0) is 13.9. The van der Waals surface area contributed by atoms with Gasteiger partial charge in [0.15, 0.2) is 0 Å². The highest BCUT2D eigenvalue weighted by atomic mass is 35.5. The number of benzene rings is 2. The molecule has 0 saturated heterocycles. The van der Waals surface area contributed by atoms with Crippen LogP contribution in [-0.4, -0.2) is 9.79 Å². The van der Waals surface area contributed by atoms with E-state index in [9.17, 15) is 14.4 Å². The van der Waals surface area contributed by atoms with Gasteiger partial charge < -0.3 is 14.5 Å². The maximum atomic E-state index is 11.3. The summed E-state index contributed by atoms with van der Waals surface area (Å²) in [6.07, 6.45) is 0. The Morgan fingerprint density at radius 3 is 2.53 bits per heavy atom. The highest BCUT2D eigenvalue weighted by molar-refractivity contribution is 7.60. The van der Waals surface area contributed by atoms with Crippen LogP contribution in [0, 0.1) is 0 Å². The predicted octanol–water partition coefficient (Wildman–Crippen LogP) is 2.72. The zero-order valence-corrected chi connectivity index (χ0v) is 11.5. The first-order valence-corrected chi connectivity index (χ1v) is 7.48. The first-order chi connectivity index (χ1) is 8.97. The second-order valence-electron chi connectivity index (χ2n) is 3.93. The molecule has 0 atom stereocenters. The molecular formula is C13H12ClO4P. The molecular weight excluding hydrogens is 287 g/mol. The molecule has 2 aromatic rings. The summed E-state index contributed by atoms with van der Waals surface area (Å²) in [7, 11) is -4.34. The summed E-state index contributed by atoms with van der Waals surface area (Å²) in [5.41, 5.74) is 0.827. The van der Waals surface area contributed by atoms with Crippen LogP contribution in [0.4, 0.5) is 0 Å². The molecule has 0 aliphatic rings. The average Bonchev–Trinajstić information content (AvgIpc) is 2.36. The summed E-state index contributed by atoms with van der Waals surface area (Å²) in [6, 6.07) is 13.2. The Kier molecular flexibility index (Phi) is 4.27. The summed E-state index contributed by atoms with van der Waals surface area (Å²) in [5.74, 6) is 0.177. The van der Waals surface area contributed by atoms with Crippen LogP contribution in [-0.2, 0) is 11.2 Å². The molecule has 2 N–H and O–H groups in total. The van der Waals surface area contributed by atoms with E-state index in [4.69, 9.17) is 16.3 Å². The second-order valence-corrected chi connectivity index (χ2v) is 5.94. The third-order valence-corrected chi connectivity index (χ3v) is 3.69. The fourth-order valence-electron chi connectivity index (χ4n) is 1.61. The van der Waals surface area contributed by atoms with Crippen molar-refractivity contribution >= 4 is 24.5 Å². The number of para-hydroxylation sites is 1. The smallest absolute Gasteiger partial charge is 0.359 e. The lowest BCUT2D eigenvalue weighted by molar-refractivity contribution is 0.306. The molecule has 0 bridgehead atoms. The SMILES string of the molecule is O=P(O)(O)c1ccccc1OCc1cccc(Cl)c1. The fourth-order valence-corrected chi connectivity index (χ4v) is 2.53. The van der Waals surface area contributed by atoms with Crippen LogP contribution in [0.5, 0.6) is 5.75 Å². The van der Waals surface area contributed by atoms with Gasteiger partial charge in [-0.25, -0.2) is 0 Å². The molecule has 0 unspecified atom stereocenters. The number of ether oxygens (including phenoxy) is 1. The van der Waals surface area contributed by atoms with Gasteiger partial charge in [0.2, 0.25) is 0 Å². The molecule has 6 heteroatoms.